The molecule has 2 fully saturated rings. The number of imidazole rings is 1. The lowest BCUT2D eigenvalue weighted by atomic mass is 10.1. The highest BCUT2D eigenvalue weighted by Gasteiger charge is 2.60. The molecule has 1 aliphatic heterocycles. The Labute approximate surface area is 269 Å². The number of piperazine rings is 1. The number of carbonyl (C=O) groups is 1. The van der Waals surface area contributed by atoms with Crippen molar-refractivity contribution in [2.45, 2.75) is 31.7 Å². The van der Waals surface area contributed by atoms with Crippen LogP contribution in [0, 0.1) is 23.7 Å². The lowest BCUT2D eigenvalue weighted by Crippen LogP contribution is -2.52. The highest BCUT2D eigenvalue weighted by Crippen LogP contribution is 2.42. The highest BCUT2D eigenvalue weighted by molar-refractivity contribution is 7.16. The molecule has 230 valence electrons. The zero-order chi connectivity index (χ0) is 32.0. The van der Waals surface area contributed by atoms with Gasteiger partial charge in [0.05, 0.1) is 5.69 Å². The van der Waals surface area contributed by atoms with Crippen molar-refractivity contribution in [3.05, 3.63) is 82.8 Å². The summed E-state index contributed by atoms with van der Waals surface area (Å²) in [4.78, 5) is 41.5. The Balaban J connectivity index is 1.13. The van der Waals surface area contributed by atoms with Gasteiger partial charge in [-0.05, 0) is 42.8 Å². The lowest BCUT2D eigenvalue weighted by Gasteiger charge is -2.34. The molecule has 2 aliphatic rings. The molecule has 0 spiro atoms. The number of benzene rings is 1. The predicted octanol–water partition coefficient (Wildman–Crippen LogP) is 5.36. The van der Waals surface area contributed by atoms with Crippen LogP contribution in [0.1, 0.15) is 30.3 Å². The molecular weight excluding hydrogens is 603 g/mol. The lowest BCUT2D eigenvalue weighted by molar-refractivity contribution is -0.132. The number of nitriles is 1. The summed E-state index contributed by atoms with van der Waals surface area (Å²) in [5, 5.41) is 10.5. The minimum atomic E-state index is -0.810. The van der Waals surface area contributed by atoms with Gasteiger partial charge in [0.15, 0.2) is 5.13 Å². The van der Waals surface area contributed by atoms with Crippen molar-refractivity contribution >= 4 is 39.8 Å². The summed E-state index contributed by atoms with van der Waals surface area (Å²) in [6.45, 7) is 11.8. The summed E-state index contributed by atoms with van der Waals surface area (Å²) >= 11 is 1.27. The number of halogens is 1. The van der Waals surface area contributed by atoms with E-state index in [1.54, 1.807) is 29.4 Å². The van der Waals surface area contributed by atoms with Gasteiger partial charge in [0.2, 0.25) is 5.95 Å². The molecule has 1 aromatic carbocycles. The van der Waals surface area contributed by atoms with Crippen molar-refractivity contribution in [3.63, 3.8) is 0 Å². The maximum Gasteiger partial charge on any atom is 0.309 e. The third-order valence-corrected chi connectivity index (χ3v) is 9.63. The molecule has 0 atom stereocenters. The number of aryl methyl sites for hydroxylation is 1. The van der Waals surface area contributed by atoms with E-state index in [2.05, 4.69) is 25.8 Å². The van der Waals surface area contributed by atoms with E-state index in [1.807, 2.05) is 41.6 Å². The number of hydrogen-bond acceptors (Lipinski definition) is 9. The molecule has 1 amide bonds. The first kappa shape index (κ1) is 29.3. The van der Waals surface area contributed by atoms with E-state index in [0.717, 1.165) is 28.3 Å². The molecule has 5 heterocycles. The monoisotopic (exact) mass is 632 g/mol. The van der Waals surface area contributed by atoms with Crippen LogP contribution in [0.15, 0.2) is 55.0 Å². The maximum absolute atomic E-state index is 13.5. The zero-order valence-electron chi connectivity index (χ0n) is 25.3. The molecule has 13 heteroatoms. The molecule has 0 bridgehead atoms. The Kier molecular flexibility index (Phi) is 7.34. The third kappa shape index (κ3) is 5.08. The number of rotatable bonds is 7. The normalized spacial score (nSPS) is 15.4. The van der Waals surface area contributed by atoms with Crippen molar-refractivity contribution < 1.29 is 9.18 Å². The molecule has 5 aromatic rings. The minimum Gasteiger partial charge on any atom is -0.337 e. The quantitative estimate of drug-likeness (QED) is 0.221. The van der Waals surface area contributed by atoms with E-state index in [0.29, 0.717) is 72.7 Å². The Bertz CT molecular complexity index is 2030. The van der Waals surface area contributed by atoms with Crippen LogP contribution in [-0.2, 0) is 11.2 Å². The molecule has 4 aromatic heterocycles. The molecule has 0 unspecified atom stereocenters. The molecule has 1 aliphatic carbocycles. The van der Waals surface area contributed by atoms with Gasteiger partial charge in [-0.1, -0.05) is 18.3 Å². The Morgan fingerprint density at radius 1 is 1.07 bits per heavy atom. The van der Waals surface area contributed by atoms with Gasteiger partial charge in [-0.25, -0.2) is 30.9 Å². The zero-order valence-corrected chi connectivity index (χ0v) is 26.1. The number of hydrogen-bond donors (Lipinski definition) is 0. The number of amides is 1. The first-order valence-corrected chi connectivity index (χ1v) is 15.8. The largest absolute Gasteiger partial charge is 0.337 e. The smallest absolute Gasteiger partial charge is 0.309 e. The highest BCUT2D eigenvalue weighted by atomic mass is 32.1. The van der Waals surface area contributed by atoms with Crippen LogP contribution in [0.3, 0.4) is 0 Å². The first-order chi connectivity index (χ1) is 22.3. The molecule has 7 rings (SSSR count). The average Bonchev–Trinajstić information content (AvgIpc) is 3.64. The summed E-state index contributed by atoms with van der Waals surface area (Å²) in [5.41, 5.74) is 3.78. The van der Waals surface area contributed by atoms with Crippen LogP contribution in [-0.4, -0.2) is 73.9 Å². The van der Waals surface area contributed by atoms with E-state index < -0.39 is 5.54 Å². The topological polar surface area (TPSA) is 111 Å². The van der Waals surface area contributed by atoms with Crippen LogP contribution in [0.4, 0.5) is 21.3 Å². The van der Waals surface area contributed by atoms with Crippen molar-refractivity contribution in [2.24, 2.45) is 0 Å². The molecule has 0 radical (unpaired) electrons. The number of aromatic nitrogens is 5. The molecular formula is C33H29FN10OS. The number of anilines is 3. The van der Waals surface area contributed by atoms with E-state index in [9.17, 15) is 14.4 Å². The van der Waals surface area contributed by atoms with E-state index >= 15 is 0 Å². The van der Waals surface area contributed by atoms with Crippen molar-refractivity contribution in [3.8, 4) is 28.5 Å². The average molecular weight is 633 g/mol. The fourth-order valence-electron chi connectivity index (χ4n) is 5.80. The van der Waals surface area contributed by atoms with E-state index in [1.165, 1.54) is 23.5 Å². The van der Waals surface area contributed by atoms with Crippen molar-refractivity contribution in [1.82, 2.24) is 29.2 Å². The maximum atomic E-state index is 13.5. The fraction of sp³-hybridized carbons (Fsp3) is 0.303. The van der Waals surface area contributed by atoms with Crippen LogP contribution in [0.5, 0.6) is 0 Å². The van der Waals surface area contributed by atoms with Crippen molar-refractivity contribution in [2.75, 3.05) is 43.0 Å². The molecule has 11 nitrogen and oxygen atoms in total. The summed E-state index contributed by atoms with van der Waals surface area (Å²) in [7, 11) is 1.90. The van der Waals surface area contributed by atoms with E-state index in [4.69, 9.17) is 16.5 Å². The van der Waals surface area contributed by atoms with Gasteiger partial charge in [0.25, 0.3) is 0 Å². The summed E-state index contributed by atoms with van der Waals surface area (Å²) in [6, 6.07) is 12.2. The molecule has 46 heavy (non-hydrogen) atoms. The number of fused-ring (bicyclic) bond motifs is 1. The predicted molar refractivity (Wildman–Crippen MR) is 173 cm³/mol. The van der Waals surface area contributed by atoms with Crippen LogP contribution in [0.25, 0.3) is 32.9 Å². The fourth-order valence-corrected chi connectivity index (χ4v) is 6.64. The SMILES string of the molecule is [C-]#[N+]C1(C(=O)N2CCN(c3ncc(-c4ccc5nc(CC)c(N(C)c6nc(-c7ccc(F)cc7)c(C#N)s6)n5c4)cn3)CC2)CC1. The van der Waals surface area contributed by atoms with E-state index in [-0.39, 0.29) is 11.7 Å². The number of carbonyl (C=O) groups excluding carboxylic acids is 1. The summed E-state index contributed by atoms with van der Waals surface area (Å²) in [5.74, 6) is 1.05. The van der Waals surface area contributed by atoms with Gasteiger partial charge in [0.1, 0.15) is 33.9 Å². The van der Waals surface area contributed by atoms with Crippen LogP contribution in [0.2, 0.25) is 0 Å². The second kappa shape index (κ2) is 11.5. The Morgan fingerprint density at radius 2 is 1.76 bits per heavy atom. The number of thiazole rings is 1. The molecule has 1 saturated heterocycles. The standard InChI is InChI=1S/C33H29FN10OS/c1-4-25-29(41(3)32-40-28(26(17-35)46-32)21-5-8-24(34)9-6-21)44-20-22(7-10-27(44)39-25)23-18-37-31(38-19-23)43-15-13-42(14-16-43)30(45)33(36-2)11-12-33/h5-10,18-20H,4,11-16H2,1,3H3. The van der Waals surface area contributed by atoms with Crippen LogP contribution >= 0.6 is 11.3 Å². The minimum absolute atomic E-state index is 0.0433. The van der Waals surface area contributed by atoms with Gasteiger partial charge >= 0.3 is 11.4 Å². The van der Waals surface area contributed by atoms with Crippen LogP contribution < -0.4 is 9.80 Å². The number of nitrogens with zero attached hydrogens (tertiary/aromatic N) is 10. The number of pyridine rings is 1. The Hall–Kier alpha value is -5.40. The van der Waals surface area contributed by atoms with Gasteiger partial charge in [-0.15, -0.1) is 0 Å². The summed E-state index contributed by atoms with van der Waals surface area (Å²) < 4.78 is 15.6. The third-order valence-electron chi connectivity index (χ3n) is 8.59. The molecule has 1 saturated carbocycles. The summed E-state index contributed by atoms with van der Waals surface area (Å²) in [6.07, 6.45) is 7.61. The van der Waals surface area contributed by atoms with Gasteiger partial charge in [-0.3, -0.25) is 14.0 Å². The van der Waals surface area contributed by atoms with Crippen molar-refractivity contribution in [1.29, 1.82) is 5.26 Å². The second-order valence-corrected chi connectivity index (χ2v) is 12.4. The first-order valence-electron chi connectivity index (χ1n) is 15.0. The molecule has 0 N–H and O–H groups in total. The van der Waals surface area contributed by atoms with Gasteiger partial charge in [-0.2, -0.15) is 5.26 Å². The Morgan fingerprint density at radius 3 is 2.39 bits per heavy atom. The second-order valence-electron chi connectivity index (χ2n) is 11.4. The van der Waals surface area contributed by atoms with Gasteiger partial charge < -0.3 is 14.7 Å². The van der Waals surface area contributed by atoms with Gasteiger partial charge in [0, 0.05) is 81.3 Å².